The van der Waals surface area contributed by atoms with Crippen LogP contribution in [0.2, 0.25) is 0 Å². The average molecular weight is 143 g/mol. The summed E-state index contributed by atoms with van der Waals surface area (Å²) in [7, 11) is 3.95. The first kappa shape index (κ1) is 8.02. The Labute approximate surface area is 62.8 Å². The lowest BCUT2D eigenvalue weighted by molar-refractivity contribution is -0.860. The van der Waals surface area contributed by atoms with Crippen molar-refractivity contribution in [3.8, 4) is 0 Å². The molecule has 0 aliphatic carbocycles. The minimum atomic E-state index is 0.358. The standard InChI is InChI=1S/C8H17NO/c1-9-5-2-8(3-6-9)4-7-10/h8-10H,1-7H2. The molecule has 1 fully saturated rings. The van der Waals surface area contributed by atoms with Gasteiger partial charge in [0.2, 0.25) is 0 Å². The zero-order valence-electron chi connectivity index (χ0n) is 6.47. The summed E-state index contributed by atoms with van der Waals surface area (Å²) in [6, 6.07) is 0. The van der Waals surface area contributed by atoms with Crippen LogP contribution in [0, 0.1) is 13.0 Å². The van der Waals surface area contributed by atoms with Gasteiger partial charge < -0.3 is 10.0 Å². The number of rotatable bonds is 2. The first-order valence-electron chi connectivity index (χ1n) is 4.10. The van der Waals surface area contributed by atoms with E-state index in [1.165, 1.54) is 30.8 Å². The van der Waals surface area contributed by atoms with Gasteiger partial charge in [0.25, 0.3) is 0 Å². The third-order valence-corrected chi connectivity index (χ3v) is 2.35. The van der Waals surface area contributed by atoms with Crippen LogP contribution in [0.15, 0.2) is 0 Å². The zero-order valence-corrected chi connectivity index (χ0v) is 6.47. The van der Waals surface area contributed by atoms with Gasteiger partial charge in [-0.3, -0.25) is 0 Å². The molecule has 1 aliphatic heterocycles. The van der Waals surface area contributed by atoms with E-state index in [-0.39, 0.29) is 0 Å². The number of hydrogen-bond acceptors (Lipinski definition) is 1. The molecule has 0 aromatic rings. The summed E-state index contributed by atoms with van der Waals surface area (Å²) in [5.74, 6) is 0.774. The van der Waals surface area contributed by atoms with Crippen molar-refractivity contribution < 1.29 is 10.0 Å². The molecule has 0 unspecified atom stereocenters. The lowest BCUT2D eigenvalue weighted by atomic mass is 9.94. The van der Waals surface area contributed by atoms with Gasteiger partial charge in [0.1, 0.15) is 0 Å². The maximum atomic E-state index is 8.66. The fourth-order valence-electron chi connectivity index (χ4n) is 1.56. The average Bonchev–Trinajstić information content (AvgIpc) is 1.95. The van der Waals surface area contributed by atoms with Gasteiger partial charge in [0.15, 0.2) is 0 Å². The van der Waals surface area contributed by atoms with Crippen molar-refractivity contribution in [1.29, 1.82) is 0 Å². The summed E-state index contributed by atoms with van der Waals surface area (Å²) in [4.78, 5) is 1.40. The summed E-state index contributed by atoms with van der Waals surface area (Å²) in [5, 5.41) is 8.66. The van der Waals surface area contributed by atoms with Gasteiger partial charge in [-0.1, -0.05) is 0 Å². The molecule has 0 aromatic carbocycles. The molecule has 2 nitrogen and oxygen atoms in total. The molecule has 60 valence electrons. The van der Waals surface area contributed by atoms with E-state index in [0.717, 1.165) is 12.3 Å². The molecule has 10 heavy (non-hydrogen) atoms. The Kier molecular flexibility index (Phi) is 3.16. The van der Waals surface area contributed by atoms with Crippen LogP contribution >= 0.6 is 0 Å². The highest BCUT2D eigenvalue weighted by atomic mass is 16.3. The van der Waals surface area contributed by atoms with Crippen LogP contribution in [-0.2, 0) is 0 Å². The smallest absolute Gasteiger partial charge is 0.0533 e. The van der Waals surface area contributed by atoms with Gasteiger partial charge in [-0.05, 0) is 25.2 Å². The highest BCUT2D eigenvalue weighted by Crippen LogP contribution is 2.12. The first-order valence-corrected chi connectivity index (χ1v) is 4.10. The maximum Gasteiger partial charge on any atom is 0.0533 e. The fourth-order valence-corrected chi connectivity index (χ4v) is 1.56. The van der Waals surface area contributed by atoms with Gasteiger partial charge in [-0.2, -0.15) is 7.05 Å². The molecule has 0 aromatic heterocycles. The molecule has 0 amide bonds. The number of quaternary nitrogens is 1. The number of aliphatic hydroxyl groups is 1. The van der Waals surface area contributed by atoms with Crippen molar-refractivity contribution >= 4 is 0 Å². The van der Waals surface area contributed by atoms with Gasteiger partial charge >= 0.3 is 0 Å². The Balaban J connectivity index is 2.13. The van der Waals surface area contributed by atoms with Crippen molar-refractivity contribution in [3.05, 3.63) is 7.05 Å². The predicted molar refractivity (Wildman–Crippen MR) is 40.5 cm³/mol. The van der Waals surface area contributed by atoms with Crippen molar-refractivity contribution in [2.24, 2.45) is 5.92 Å². The van der Waals surface area contributed by atoms with E-state index in [1.54, 1.807) is 0 Å². The molecular formula is C8H17NO. The van der Waals surface area contributed by atoms with E-state index in [2.05, 4.69) is 7.05 Å². The third kappa shape index (κ3) is 2.27. The van der Waals surface area contributed by atoms with Crippen molar-refractivity contribution in [2.75, 3.05) is 19.7 Å². The molecule has 0 saturated carbocycles. The Morgan fingerprint density at radius 3 is 2.50 bits per heavy atom. The minimum Gasteiger partial charge on any atom is -0.468 e. The van der Waals surface area contributed by atoms with Crippen LogP contribution in [0.4, 0.5) is 0 Å². The van der Waals surface area contributed by atoms with E-state index < -0.39 is 0 Å². The molecule has 2 N–H and O–H groups in total. The Bertz CT molecular complexity index is 87.3. The van der Waals surface area contributed by atoms with E-state index in [9.17, 15) is 0 Å². The van der Waals surface area contributed by atoms with E-state index in [1.807, 2.05) is 0 Å². The first-order chi connectivity index (χ1) is 4.83. The maximum absolute atomic E-state index is 8.66. The van der Waals surface area contributed by atoms with Crippen molar-refractivity contribution in [1.82, 2.24) is 0 Å². The summed E-state index contributed by atoms with van der Waals surface area (Å²) in [6.07, 6.45) is 3.49. The Morgan fingerprint density at radius 1 is 1.40 bits per heavy atom. The van der Waals surface area contributed by atoms with E-state index in [0.29, 0.717) is 6.61 Å². The van der Waals surface area contributed by atoms with Crippen molar-refractivity contribution in [3.63, 3.8) is 0 Å². The van der Waals surface area contributed by atoms with Crippen LogP contribution in [0.5, 0.6) is 0 Å². The largest absolute Gasteiger partial charge is 0.468 e. The molecule has 2 heteroatoms. The van der Waals surface area contributed by atoms with Crippen LogP contribution in [0.25, 0.3) is 0 Å². The summed E-state index contributed by atoms with van der Waals surface area (Å²) < 4.78 is 0. The van der Waals surface area contributed by atoms with Gasteiger partial charge in [0.05, 0.1) is 13.1 Å². The SMILES string of the molecule is [CH2-][NH+]1CCC(CCO)CC1. The van der Waals surface area contributed by atoms with Gasteiger partial charge in [0, 0.05) is 6.61 Å². The molecule has 0 spiro atoms. The molecule has 1 heterocycles. The van der Waals surface area contributed by atoms with Crippen LogP contribution in [0.1, 0.15) is 19.3 Å². The highest BCUT2D eigenvalue weighted by molar-refractivity contribution is 4.61. The van der Waals surface area contributed by atoms with Crippen LogP contribution in [0.3, 0.4) is 0 Å². The second kappa shape index (κ2) is 3.94. The number of aliphatic hydroxyl groups excluding tert-OH is 1. The van der Waals surface area contributed by atoms with Crippen LogP contribution in [-0.4, -0.2) is 24.8 Å². The number of hydrogen-bond donors (Lipinski definition) is 2. The molecule has 0 radical (unpaired) electrons. The third-order valence-electron chi connectivity index (χ3n) is 2.35. The zero-order chi connectivity index (χ0) is 7.40. The normalized spacial score (nSPS) is 34.2. The topological polar surface area (TPSA) is 24.7 Å². The molecule has 1 rings (SSSR count). The molecule has 0 bridgehead atoms. The predicted octanol–water partition coefficient (Wildman–Crippen LogP) is -0.545. The van der Waals surface area contributed by atoms with Gasteiger partial charge in [-0.15, -0.1) is 0 Å². The Hall–Kier alpha value is -0.0800. The number of likely N-dealkylation sites (tertiary alicyclic amines) is 1. The second-order valence-electron chi connectivity index (χ2n) is 3.21. The summed E-state index contributed by atoms with van der Waals surface area (Å²) >= 11 is 0. The molecule has 0 atom stereocenters. The monoisotopic (exact) mass is 143 g/mol. The van der Waals surface area contributed by atoms with Gasteiger partial charge in [-0.25, -0.2) is 0 Å². The second-order valence-corrected chi connectivity index (χ2v) is 3.21. The van der Waals surface area contributed by atoms with E-state index in [4.69, 9.17) is 5.11 Å². The van der Waals surface area contributed by atoms with Crippen molar-refractivity contribution in [2.45, 2.75) is 19.3 Å². The molecule has 1 saturated heterocycles. The highest BCUT2D eigenvalue weighted by Gasteiger charge is 2.15. The lowest BCUT2D eigenvalue weighted by Gasteiger charge is -2.30. The number of piperidine rings is 1. The molecular weight excluding hydrogens is 126 g/mol. The fraction of sp³-hybridized carbons (Fsp3) is 0.875. The van der Waals surface area contributed by atoms with E-state index >= 15 is 0 Å². The summed E-state index contributed by atoms with van der Waals surface area (Å²) in [5.41, 5.74) is 0. The summed E-state index contributed by atoms with van der Waals surface area (Å²) in [6.45, 7) is 2.73. The quantitative estimate of drug-likeness (QED) is 0.498. The lowest BCUT2D eigenvalue weighted by Crippen LogP contribution is -3.08. The Morgan fingerprint density at radius 2 is 2.00 bits per heavy atom. The van der Waals surface area contributed by atoms with Crippen LogP contribution < -0.4 is 4.90 Å². The minimum absolute atomic E-state index is 0.358. The number of nitrogens with one attached hydrogen (secondary N) is 1. The molecule has 1 aliphatic rings.